The van der Waals surface area contributed by atoms with Gasteiger partial charge in [0, 0.05) is 17.3 Å². The zero-order chi connectivity index (χ0) is 13.1. The maximum atomic E-state index is 13.1. The van der Waals surface area contributed by atoms with Crippen LogP contribution in [0.1, 0.15) is 5.56 Å². The normalized spacial score (nSPS) is 10.6. The van der Waals surface area contributed by atoms with Crippen LogP contribution in [0.2, 0.25) is 0 Å². The van der Waals surface area contributed by atoms with Gasteiger partial charge < -0.3 is 0 Å². The van der Waals surface area contributed by atoms with E-state index in [2.05, 4.69) is 5.10 Å². The van der Waals surface area contributed by atoms with E-state index in [9.17, 15) is 13.2 Å². The van der Waals surface area contributed by atoms with E-state index in [-0.39, 0.29) is 5.56 Å². The Labute approximate surface area is 101 Å². The SMILES string of the molecule is N#Cc1ccc(F)cc1-c1cnn(CC(F)F)c1. The smallest absolute Gasteiger partial charge is 0.257 e. The first kappa shape index (κ1) is 12.2. The molecule has 6 heteroatoms. The van der Waals surface area contributed by atoms with Crippen LogP contribution in [0.4, 0.5) is 13.2 Å². The molecule has 0 unspecified atom stereocenters. The van der Waals surface area contributed by atoms with Crippen molar-refractivity contribution in [2.75, 3.05) is 0 Å². The molecule has 18 heavy (non-hydrogen) atoms. The van der Waals surface area contributed by atoms with Crippen LogP contribution in [0.25, 0.3) is 11.1 Å². The van der Waals surface area contributed by atoms with Crippen molar-refractivity contribution in [3.8, 4) is 17.2 Å². The molecule has 2 aromatic rings. The molecule has 0 fully saturated rings. The van der Waals surface area contributed by atoms with E-state index in [1.165, 1.54) is 30.6 Å². The number of nitrogens with zero attached hydrogens (tertiary/aromatic N) is 3. The largest absolute Gasteiger partial charge is 0.266 e. The number of hydrogen-bond acceptors (Lipinski definition) is 2. The van der Waals surface area contributed by atoms with Gasteiger partial charge in [0.15, 0.2) is 0 Å². The predicted octanol–water partition coefficient (Wildman–Crippen LogP) is 2.83. The van der Waals surface area contributed by atoms with Crippen molar-refractivity contribution >= 4 is 0 Å². The molecule has 0 N–H and O–H groups in total. The van der Waals surface area contributed by atoms with E-state index in [1.54, 1.807) is 0 Å². The average Bonchev–Trinajstić information content (AvgIpc) is 2.76. The summed E-state index contributed by atoms with van der Waals surface area (Å²) in [7, 11) is 0. The van der Waals surface area contributed by atoms with E-state index in [4.69, 9.17) is 5.26 Å². The molecule has 1 aromatic carbocycles. The minimum Gasteiger partial charge on any atom is -0.266 e. The van der Waals surface area contributed by atoms with Gasteiger partial charge in [-0.1, -0.05) is 0 Å². The summed E-state index contributed by atoms with van der Waals surface area (Å²) in [5.41, 5.74) is 1.05. The highest BCUT2D eigenvalue weighted by molar-refractivity contribution is 5.69. The first-order valence-electron chi connectivity index (χ1n) is 5.11. The molecular formula is C12H8F3N3. The third-order valence-corrected chi connectivity index (χ3v) is 2.37. The highest BCUT2D eigenvalue weighted by atomic mass is 19.3. The summed E-state index contributed by atoms with van der Waals surface area (Å²) in [5.74, 6) is -0.495. The summed E-state index contributed by atoms with van der Waals surface area (Å²) in [6.45, 7) is -0.531. The quantitative estimate of drug-likeness (QED) is 0.841. The second kappa shape index (κ2) is 4.92. The average molecular weight is 251 g/mol. The second-order valence-corrected chi connectivity index (χ2v) is 3.64. The number of nitriles is 1. The summed E-state index contributed by atoms with van der Waals surface area (Å²) < 4.78 is 38.5. The van der Waals surface area contributed by atoms with Gasteiger partial charge in [-0.25, -0.2) is 13.2 Å². The lowest BCUT2D eigenvalue weighted by Crippen LogP contribution is -2.06. The van der Waals surface area contributed by atoms with Crippen molar-refractivity contribution in [1.82, 2.24) is 9.78 Å². The highest BCUT2D eigenvalue weighted by Gasteiger charge is 2.10. The number of aromatic nitrogens is 2. The Morgan fingerprint density at radius 3 is 2.83 bits per heavy atom. The molecule has 92 valence electrons. The molecule has 3 nitrogen and oxygen atoms in total. The lowest BCUT2D eigenvalue weighted by molar-refractivity contribution is 0.122. The Bertz CT molecular complexity index is 599. The summed E-state index contributed by atoms with van der Waals surface area (Å²) in [6.07, 6.45) is 0.181. The zero-order valence-corrected chi connectivity index (χ0v) is 9.15. The van der Waals surface area contributed by atoms with E-state index >= 15 is 0 Å². The van der Waals surface area contributed by atoms with Gasteiger partial charge >= 0.3 is 0 Å². The van der Waals surface area contributed by atoms with Crippen molar-refractivity contribution in [2.45, 2.75) is 13.0 Å². The van der Waals surface area contributed by atoms with Crippen LogP contribution in [0.15, 0.2) is 30.6 Å². The van der Waals surface area contributed by atoms with Gasteiger partial charge in [0.05, 0.1) is 17.8 Å². The summed E-state index contributed by atoms with van der Waals surface area (Å²) in [6, 6.07) is 5.62. The Kier molecular flexibility index (Phi) is 3.33. The number of alkyl halides is 2. The van der Waals surface area contributed by atoms with Crippen LogP contribution >= 0.6 is 0 Å². The van der Waals surface area contributed by atoms with E-state index in [0.717, 1.165) is 4.68 Å². The van der Waals surface area contributed by atoms with Crippen LogP contribution in [-0.2, 0) is 6.54 Å². The zero-order valence-electron chi connectivity index (χ0n) is 9.15. The molecule has 0 bridgehead atoms. The van der Waals surface area contributed by atoms with Crippen molar-refractivity contribution in [2.24, 2.45) is 0 Å². The van der Waals surface area contributed by atoms with Gasteiger partial charge in [-0.2, -0.15) is 10.4 Å². The first-order chi connectivity index (χ1) is 8.60. The Morgan fingerprint density at radius 1 is 1.39 bits per heavy atom. The summed E-state index contributed by atoms with van der Waals surface area (Å²) in [4.78, 5) is 0. The first-order valence-corrected chi connectivity index (χ1v) is 5.11. The molecule has 0 saturated carbocycles. The van der Waals surface area contributed by atoms with Gasteiger partial charge in [0.2, 0.25) is 0 Å². The maximum absolute atomic E-state index is 13.1. The van der Waals surface area contributed by atoms with Crippen molar-refractivity contribution < 1.29 is 13.2 Å². The molecule has 0 atom stereocenters. The molecule has 0 radical (unpaired) electrons. The van der Waals surface area contributed by atoms with Gasteiger partial charge in [-0.3, -0.25) is 4.68 Å². The number of benzene rings is 1. The molecule has 0 saturated heterocycles. The Balaban J connectivity index is 2.40. The Morgan fingerprint density at radius 2 is 2.17 bits per heavy atom. The number of rotatable bonds is 3. The fraction of sp³-hybridized carbons (Fsp3) is 0.167. The molecule has 0 aliphatic heterocycles. The van der Waals surface area contributed by atoms with Crippen LogP contribution in [0.5, 0.6) is 0 Å². The summed E-state index contributed by atoms with van der Waals surface area (Å²) >= 11 is 0. The minimum absolute atomic E-state index is 0.271. The molecule has 0 aliphatic carbocycles. The standard InChI is InChI=1S/C12H8F3N3/c13-10-2-1-8(4-16)11(3-10)9-5-17-18(6-9)7-12(14)15/h1-3,5-6,12H,7H2. The van der Waals surface area contributed by atoms with Crippen molar-refractivity contribution in [1.29, 1.82) is 5.26 Å². The summed E-state index contributed by atoms with van der Waals surface area (Å²) in [5, 5.41) is 12.6. The fourth-order valence-corrected chi connectivity index (χ4v) is 1.60. The molecule has 1 heterocycles. The van der Waals surface area contributed by atoms with Gasteiger partial charge in [0.25, 0.3) is 6.43 Å². The van der Waals surface area contributed by atoms with Crippen molar-refractivity contribution in [3.63, 3.8) is 0 Å². The molecular weight excluding hydrogens is 243 g/mol. The molecule has 0 spiro atoms. The van der Waals surface area contributed by atoms with E-state index < -0.39 is 18.8 Å². The van der Waals surface area contributed by atoms with Crippen LogP contribution < -0.4 is 0 Å². The van der Waals surface area contributed by atoms with Gasteiger partial charge in [0.1, 0.15) is 12.4 Å². The number of hydrogen-bond donors (Lipinski definition) is 0. The Hall–Kier alpha value is -2.29. The van der Waals surface area contributed by atoms with E-state index in [1.807, 2.05) is 6.07 Å². The third kappa shape index (κ3) is 2.51. The lowest BCUT2D eigenvalue weighted by Gasteiger charge is -2.01. The number of halogens is 3. The lowest BCUT2D eigenvalue weighted by atomic mass is 10.0. The monoisotopic (exact) mass is 251 g/mol. The van der Waals surface area contributed by atoms with Crippen molar-refractivity contribution in [3.05, 3.63) is 42.0 Å². The molecule has 0 aliphatic rings. The maximum Gasteiger partial charge on any atom is 0.257 e. The van der Waals surface area contributed by atoms with E-state index in [0.29, 0.717) is 11.1 Å². The molecule has 0 amide bonds. The van der Waals surface area contributed by atoms with Gasteiger partial charge in [-0.15, -0.1) is 0 Å². The van der Waals surface area contributed by atoms with Crippen LogP contribution in [0.3, 0.4) is 0 Å². The fourth-order valence-electron chi connectivity index (χ4n) is 1.60. The molecule has 1 aromatic heterocycles. The topological polar surface area (TPSA) is 41.6 Å². The molecule has 2 rings (SSSR count). The second-order valence-electron chi connectivity index (χ2n) is 3.64. The third-order valence-electron chi connectivity index (χ3n) is 2.37. The van der Waals surface area contributed by atoms with Crippen LogP contribution in [0, 0.1) is 17.1 Å². The van der Waals surface area contributed by atoms with Crippen LogP contribution in [-0.4, -0.2) is 16.2 Å². The van der Waals surface area contributed by atoms with Gasteiger partial charge in [-0.05, 0) is 18.2 Å². The minimum atomic E-state index is -2.51. The predicted molar refractivity (Wildman–Crippen MR) is 58.3 cm³/mol. The highest BCUT2D eigenvalue weighted by Crippen LogP contribution is 2.24.